The Balaban J connectivity index is 1.70. The van der Waals surface area contributed by atoms with Gasteiger partial charge in [-0.15, -0.1) is 0 Å². The van der Waals surface area contributed by atoms with Crippen molar-refractivity contribution in [1.82, 2.24) is 9.97 Å². The highest BCUT2D eigenvalue weighted by Gasteiger charge is 2.31. The fourth-order valence-corrected chi connectivity index (χ4v) is 2.16. The number of nitrogens with zero attached hydrogens (tertiary/aromatic N) is 3. The molecule has 3 heterocycles. The van der Waals surface area contributed by atoms with Crippen LogP contribution in [0.25, 0.3) is 0 Å². The molecule has 2 aromatic rings. The first-order chi connectivity index (χ1) is 11.8. The summed E-state index contributed by atoms with van der Waals surface area (Å²) in [5.74, 6) is -0.572. The zero-order valence-electron chi connectivity index (χ0n) is 12.6. The van der Waals surface area contributed by atoms with E-state index in [0.29, 0.717) is 11.9 Å². The Morgan fingerprint density at radius 3 is 2.76 bits per heavy atom. The Hall–Kier alpha value is -3.17. The van der Waals surface area contributed by atoms with Crippen LogP contribution in [0.1, 0.15) is 5.56 Å². The second-order valence-electron chi connectivity index (χ2n) is 5.07. The SMILES string of the molecule is O=C(CN1C(=O)COc2cccnc21)Nc1ccc(C(F)(F)F)cn1. The number of hydrogen-bond donors (Lipinski definition) is 1. The van der Waals surface area contributed by atoms with E-state index in [-0.39, 0.29) is 24.8 Å². The third-order valence-corrected chi connectivity index (χ3v) is 3.32. The summed E-state index contributed by atoms with van der Waals surface area (Å²) in [5.41, 5.74) is -0.924. The van der Waals surface area contributed by atoms with Gasteiger partial charge in [-0.2, -0.15) is 13.2 Å². The molecule has 130 valence electrons. The summed E-state index contributed by atoms with van der Waals surface area (Å²) in [6.07, 6.45) is -2.44. The minimum atomic E-state index is -4.51. The van der Waals surface area contributed by atoms with Gasteiger partial charge in [0.15, 0.2) is 18.2 Å². The predicted molar refractivity (Wildman–Crippen MR) is 80.0 cm³/mol. The largest absolute Gasteiger partial charge is 0.480 e. The van der Waals surface area contributed by atoms with Crippen LogP contribution in [0.4, 0.5) is 24.8 Å². The molecule has 2 amide bonds. The van der Waals surface area contributed by atoms with Gasteiger partial charge in [-0.05, 0) is 24.3 Å². The molecule has 3 rings (SSSR count). The van der Waals surface area contributed by atoms with Gasteiger partial charge in [-0.1, -0.05) is 0 Å². The van der Waals surface area contributed by atoms with Gasteiger partial charge in [-0.3, -0.25) is 14.5 Å². The van der Waals surface area contributed by atoms with Crippen molar-refractivity contribution in [3.63, 3.8) is 0 Å². The Kier molecular flexibility index (Phi) is 4.26. The average molecular weight is 352 g/mol. The van der Waals surface area contributed by atoms with Gasteiger partial charge in [0.1, 0.15) is 12.4 Å². The van der Waals surface area contributed by atoms with Crippen molar-refractivity contribution in [2.24, 2.45) is 0 Å². The van der Waals surface area contributed by atoms with Crippen LogP contribution in [0.5, 0.6) is 5.75 Å². The summed E-state index contributed by atoms with van der Waals surface area (Å²) in [6, 6.07) is 5.07. The molecule has 7 nitrogen and oxygen atoms in total. The summed E-state index contributed by atoms with van der Waals surface area (Å²) in [5, 5.41) is 2.34. The second-order valence-corrected chi connectivity index (χ2v) is 5.07. The van der Waals surface area contributed by atoms with Gasteiger partial charge >= 0.3 is 6.18 Å². The first kappa shape index (κ1) is 16.7. The molecule has 0 saturated heterocycles. The molecule has 0 aromatic carbocycles. The highest BCUT2D eigenvalue weighted by atomic mass is 19.4. The predicted octanol–water partition coefficient (Wildman–Crippen LogP) is 1.86. The first-order valence-corrected chi connectivity index (χ1v) is 7.06. The van der Waals surface area contributed by atoms with Crippen molar-refractivity contribution in [2.75, 3.05) is 23.4 Å². The normalized spacial score (nSPS) is 13.9. The Bertz CT molecular complexity index is 808. The lowest BCUT2D eigenvalue weighted by molar-refractivity contribution is -0.137. The first-order valence-electron chi connectivity index (χ1n) is 7.06. The molecule has 0 saturated carbocycles. The average Bonchev–Trinajstić information content (AvgIpc) is 2.57. The number of amides is 2. The number of nitrogens with one attached hydrogen (secondary N) is 1. The number of pyridine rings is 2. The molecule has 0 radical (unpaired) electrons. The molecule has 25 heavy (non-hydrogen) atoms. The number of halogens is 3. The van der Waals surface area contributed by atoms with E-state index < -0.39 is 23.6 Å². The molecular weight excluding hydrogens is 341 g/mol. The highest BCUT2D eigenvalue weighted by molar-refractivity contribution is 6.03. The fraction of sp³-hybridized carbons (Fsp3) is 0.200. The molecule has 0 aliphatic carbocycles. The van der Waals surface area contributed by atoms with Crippen molar-refractivity contribution < 1.29 is 27.5 Å². The van der Waals surface area contributed by atoms with E-state index in [1.807, 2.05) is 0 Å². The van der Waals surface area contributed by atoms with Crippen molar-refractivity contribution >= 4 is 23.5 Å². The molecule has 0 atom stereocenters. The van der Waals surface area contributed by atoms with Crippen LogP contribution >= 0.6 is 0 Å². The van der Waals surface area contributed by atoms with Crippen LogP contribution in [-0.2, 0) is 15.8 Å². The van der Waals surface area contributed by atoms with Gasteiger partial charge in [0.25, 0.3) is 5.91 Å². The number of fused-ring (bicyclic) bond motifs is 1. The summed E-state index contributed by atoms with van der Waals surface area (Å²) >= 11 is 0. The number of hydrogen-bond acceptors (Lipinski definition) is 5. The van der Waals surface area contributed by atoms with E-state index in [1.54, 1.807) is 12.1 Å². The van der Waals surface area contributed by atoms with Crippen LogP contribution in [0, 0.1) is 0 Å². The quantitative estimate of drug-likeness (QED) is 0.912. The molecular formula is C15H11F3N4O3. The summed E-state index contributed by atoms with van der Waals surface area (Å²) in [6.45, 7) is -0.598. The van der Waals surface area contributed by atoms with E-state index in [2.05, 4.69) is 15.3 Å². The summed E-state index contributed by atoms with van der Waals surface area (Å²) in [7, 11) is 0. The van der Waals surface area contributed by atoms with Gasteiger partial charge < -0.3 is 10.1 Å². The van der Waals surface area contributed by atoms with Gasteiger partial charge in [0.2, 0.25) is 5.91 Å². The Morgan fingerprint density at radius 2 is 2.08 bits per heavy atom. The molecule has 0 fully saturated rings. The Morgan fingerprint density at radius 1 is 1.28 bits per heavy atom. The van der Waals surface area contributed by atoms with Crippen molar-refractivity contribution in [3.05, 3.63) is 42.2 Å². The minimum Gasteiger partial charge on any atom is -0.480 e. The second kappa shape index (κ2) is 6.38. The van der Waals surface area contributed by atoms with Crippen molar-refractivity contribution in [3.8, 4) is 5.75 Å². The van der Waals surface area contributed by atoms with E-state index in [1.165, 1.54) is 6.20 Å². The molecule has 1 N–H and O–H groups in total. The van der Waals surface area contributed by atoms with E-state index in [9.17, 15) is 22.8 Å². The van der Waals surface area contributed by atoms with E-state index >= 15 is 0 Å². The van der Waals surface area contributed by atoms with Gasteiger partial charge in [-0.25, -0.2) is 9.97 Å². The number of carbonyl (C=O) groups is 2. The third kappa shape index (κ3) is 3.67. The molecule has 1 aliphatic heterocycles. The number of carbonyl (C=O) groups excluding carboxylic acids is 2. The topological polar surface area (TPSA) is 84.4 Å². The van der Waals surface area contributed by atoms with Crippen LogP contribution in [0.3, 0.4) is 0 Å². The van der Waals surface area contributed by atoms with Crippen molar-refractivity contribution in [1.29, 1.82) is 0 Å². The smallest absolute Gasteiger partial charge is 0.417 e. The summed E-state index contributed by atoms with van der Waals surface area (Å²) in [4.78, 5) is 32.7. The number of alkyl halides is 3. The van der Waals surface area contributed by atoms with E-state index in [4.69, 9.17) is 4.74 Å². The van der Waals surface area contributed by atoms with Crippen LogP contribution < -0.4 is 15.0 Å². The van der Waals surface area contributed by atoms with Gasteiger partial charge in [0, 0.05) is 12.4 Å². The molecule has 1 aliphatic rings. The zero-order valence-corrected chi connectivity index (χ0v) is 12.6. The molecule has 0 unspecified atom stereocenters. The van der Waals surface area contributed by atoms with Crippen LogP contribution in [0.15, 0.2) is 36.7 Å². The number of anilines is 2. The minimum absolute atomic E-state index is 0.0556. The number of aromatic nitrogens is 2. The fourth-order valence-electron chi connectivity index (χ4n) is 2.16. The van der Waals surface area contributed by atoms with Crippen LogP contribution in [0.2, 0.25) is 0 Å². The lowest BCUT2D eigenvalue weighted by atomic mass is 10.3. The summed E-state index contributed by atoms with van der Waals surface area (Å²) < 4.78 is 42.7. The molecule has 2 aromatic heterocycles. The van der Waals surface area contributed by atoms with E-state index in [0.717, 1.165) is 17.0 Å². The number of ether oxygens (including phenoxy) is 1. The maximum atomic E-state index is 12.5. The zero-order chi connectivity index (χ0) is 18.0. The maximum Gasteiger partial charge on any atom is 0.417 e. The Labute approximate surface area is 139 Å². The number of rotatable bonds is 3. The van der Waals surface area contributed by atoms with Crippen molar-refractivity contribution in [2.45, 2.75) is 6.18 Å². The van der Waals surface area contributed by atoms with Crippen LogP contribution in [-0.4, -0.2) is 34.9 Å². The third-order valence-electron chi connectivity index (χ3n) is 3.32. The monoisotopic (exact) mass is 352 g/mol. The molecule has 10 heteroatoms. The lowest BCUT2D eigenvalue weighted by Crippen LogP contribution is -2.44. The maximum absolute atomic E-state index is 12.5. The lowest BCUT2D eigenvalue weighted by Gasteiger charge is -2.27. The standard InChI is InChI=1S/C15H11F3N4O3/c16-15(17,18)9-3-4-11(20-6-9)21-12(23)7-22-13(24)8-25-10-2-1-5-19-14(10)22/h1-6H,7-8H2,(H,20,21,23). The highest BCUT2D eigenvalue weighted by Crippen LogP contribution is 2.30. The molecule has 0 spiro atoms. The van der Waals surface area contributed by atoms with Gasteiger partial charge in [0.05, 0.1) is 5.56 Å². The molecule has 0 bridgehead atoms.